The number of carbonyl (C=O) groups is 2. The van der Waals surface area contributed by atoms with Crippen LogP contribution in [0.3, 0.4) is 0 Å². The molecule has 1 heterocycles. The van der Waals surface area contributed by atoms with Crippen molar-refractivity contribution in [2.75, 3.05) is 33.0 Å². The summed E-state index contributed by atoms with van der Waals surface area (Å²) >= 11 is 6.42. The highest BCUT2D eigenvalue weighted by atomic mass is 35.5. The van der Waals surface area contributed by atoms with Crippen molar-refractivity contribution >= 4 is 29.2 Å². The average molecular weight is 420 g/mol. The largest absolute Gasteiger partial charge is 0.496 e. The molecule has 0 saturated carbocycles. The maximum absolute atomic E-state index is 12.6. The van der Waals surface area contributed by atoms with Crippen LogP contribution in [0.1, 0.15) is 40.3 Å². The number of hydrazine groups is 1. The van der Waals surface area contributed by atoms with Crippen molar-refractivity contribution < 1.29 is 19.1 Å². The number of nitrogens with zero attached hydrogens (tertiary/aromatic N) is 3. The van der Waals surface area contributed by atoms with Crippen LogP contribution < -0.4 is 15.9 Å². The van der Waals surface area contributed by atoms with Crippen molar-refractivity contribution in [3.05, 3.63) is 40.2 Å². The molecule has 1 aromatic carbocycles. The van der Waals surface area contributed by atoms with Crippen molar-refractivity contribution in [3.63, 3.8) is 0 Å². The molecule has 29 heavy (non-hydrogen) atoms. The summed E-state index contributed by atoms with van der Waals surface area (Å²) in [5, 5.41) is 11.1. The van der Waals surface area contributed by atoms with E-state index in [-0.39, 0.29) is 33.3 Å². The molecule has 2 aromatic rings. The van der Waals surface area contributed by atoms with Crippen LogP contribution in [-0.4, -0.2) is 48.8 Å². The Hall–Kier alpha value is -3.22. The number of benzene rings is 1. The second kappa shape index (κ2) is 9.32. The van der Waals surface area contributed by atoms with Gasteiger partial charge in [0.1, 0.15) is 11.8 Å². The van der Waals surface area contributed by atoms with Gasteiger partial charge in [-0.1, -0.05) is 25.4 Å². The van der Waals surface area contributed by atoms with Crippen molar-refractivity contribution in [2.45, 2.75) is 13.8 Å². The summed E-state index contributed by atoms with van der Waals surface area (Å²) in [7, 11) is 2.61. The monoisotopic (exact) mass is 419 g/mol. The lowest BCUT2D eigenvalue weighted by molar-refractivity contribution is 0.0592. The molecule has 3 N–H and O–H groups in total. The number of halogens is 1. The lowest BCUT2D eigenvalue weighted by Crippen LogP contribution is -2.42. The van der Waals surface area contributed by atoms with Crippen molar-refractivity contribution in [1.29, 1.82) is 5.26 Å². The Kier molecular flexibility index (Phi) is 7.09. The molecule has 0 atom stereocenters. The lowest BCUT2D eigenvalue weighted by Gasteiger charge is -2.21. The van der Waals surface area contributed by atoms with Gasteiger partial charge in [0, 0.05) is 25.4 Å². The molecule has 0 radical (unpaired) electrons. The van der Waals surface area contributed by atoms with E-state index in [0.717, 1.165) is 0 Å². The van der Waals surface area contributed by atoms with E-state index < -0.39 is 11.9 Å². The molecular formula is C19H22ClN5O4. The second-order valence-corrected chi connectivity index (χ2v) is 6.30. The van der Waals surface area contributed by atoms with Crippen LogP contribution in [0, 0.1) is 11.3 Å². The molecule has 9 nitrogen and oxygen atoms in total. The third-order valence-electron chi connectivity index (χ3n) is 4.34. The maximum atomic E-state index is 12.6. The van der Waals surface area contributed by atoms with Crippen LogP contribution >= 0.6 is 11.6 Å². The van der Waals surface area contributed by atoms with Crippen LogP contribution in [0.15, 0.2) is 18.3 Å². The number of rotatable bonds is 7. The third kappa shape index (κ3) is 4.29. The Bertz CT molecular complexity index is 976. The lowest BCUT2D eigenvalue weighted by atomic mass is 10.1. The molecular weight excluding hydrogens is 398 g/mol. The Balaban J connectivity index is 2.62. The van der Waals surface area contributed by atoms with E-state index in [1.807, 2.05) is 19.9 Å². The first kappa shape index (κ1) is 22.1. The Labute approximate surface area is 173 Å². The van der Waals surface area contributed by atoms with Crippen LogP contribution in [0.25, 0.3) is 5.69 Å². The zero-order valence-corrected chi connectivity index (χ0v) is 17.3. The summed E-state index contributed by atoms with van der Waals surface area (Å²) in [4.78, 5) is 24.9. The Morgan fingerprint density at radius 2 is 1.97 bits per heavy atom. The van der Waals surface area contributed by atoms with E-state index in [1.54, 1.807) is 5.01 Å². The molecule has 0 aliphatic carbocycles. The first-order valence-electron chi connectivity index (χ1n) is 8.75. The number of hydrogen-bond donors (Lipinski definition) is 2. The molecule has 0 spiro atoms. The topological polar surface area (TPSA) is 123 Å². The standard InChI is InChI=1S/C19H22ClN5O4/c1-5-24(6-2)23-18(26)12-7-13(20)14(8-15(12)28-3)25-10-11(9-21)16(22)17(25)19(27)29-4/h7-8,10H,5-6,22H2,1-4H3,(H,23,26). The van der Waals surface area contributed by atoms with Crippen LogP contribution in [0.2, 0.25) is 5.02 Å². The fourth-order valence-corrected chi connectivity index (χ4v) is 3.02. The van der Waals surface area contributed by atoms with Gasteiger partial charge in [-0.3, -0.25) is 10.2 Å². The second-order valence-electron chi connectivity index (χ2n) is 5.90. The van der Waals surface area contributed by atoms with E-state index in [1.165, 1.54) is 37.1 Å². The smallest absolute Gasteiger partial charge is 0.357 e. The van der Waals surface area contributed by atoms with E-state index in [4.69, 9.17) is 26.8 Å². The van der Waals surface area contributed by atoms with Gasteiger partial charge in [-0.05, 0) is 6.07 Å². The number of nitrogens with two attached hydrogens (primary N) is 1. The number of nitriles is 1. The summed E-state index contributed by atoms with van der Waals surface area (Å²) in [5.74, 6) is -0.894. The summed E-state index contributed by atoms with van der Waals surface area (Å²) in [6.45, 7) is 5.07. The number of carbonyl (C=O) groups excluding carboxylic acids is 2. The summed E-state index contributed by atoms with van der Waals surface area (Å²) < 4.78 is 11.5. The number of amides is 1. The molecule has 0 aliphatic rings. The van der Waals surface area contributed by atoms with E-state index in [0.29, 0.717) is 18.8 Å². The fraction of sp³-hybridized carbons (Fsp3) is 0.316. The summed E-state index contributed by atoms with van der Waals surface area (Å²) in [6.07, 6.45) is 1.37. The Morgan fingerprint density at radius 1 is 1.31 bits per heavy atom. The summed E-state index contributed by atoms with van der Waals surface area (Å²) in [5.41, 5.74) is 9.22. The van der Waals surface area contributed by atoms with Gasteiger partial charge in [0.2, 0.25) is 0 Å². The predicted molar refractivity (Wildman–Crippen MR) is 108 cm³/mol. The minimum absolute atomic E-state index is 0.0299. The van der Waals surface area contributed by atoms with Gasteiger partial charge in [-0.2, -0.15) is 5.26 Å². The molecule has 0 bridgehead atoms. The van der Waals surface area contributed by atoms with E-state index >= 15 is 0 Å². The van der Waals surface area contributed by atoms with Crippen molar-refractivity contribution in [1.82, 2.24) is 15.0 Å². The zero-order valence-electron chi connectivity index (χ0n) is 16.6. The minimum Gasteiger partial charge on any atom is -0.496 e. The molecule has 0 unspecified atom stereocenters. The highest BCUT2D eigenvalue weighted by molar-refractivity contribution is 6.33. The molecule has 154 valence electrons. The third-order valence-corrected chi connectivity index (χ3v) is 4.64. The van der Waals surface area contributed by atoms with Crippen molar-refractivity contribution in [2.24, 2.45) is 0 Å². The average Bonchev–Trinajstić information content (AvgIpc) is 3.06. The van der Waals surface area contributed by atoms with Gasteiger partial charge in [0.05, 0.1) is 41.7 Å². The first-order chi connectivity index (χ1) is 13.8. The molecule has 0 saturated heterocycles. The molecule has 1 aromatic heterocycles. The summed E-state index contributed by atoms with van der Waals surface area (Å²) in [6, 6.07) is 4.84. The van der Waals surface area contributed by atoms with Gasteiger partial charge in [0.25, 0.3) is 5.91 Å². The number of methoxy groups -OCH3 is 2. The van der Waals surface area contributed by atoms with Gasteiger partial charge in [-0.15, -0.1) is 0 Å². The predicted octanol–water partition coefficient (Wildman–Crippen LogP) is 2.37. The fourth-order valence-electron chi connectivity index (χ4n) is 2.76. The molecule has 1 amide bonds. The molecule has 10 heteroatoms. The van der Waals surface area contributed by atoms with Crippen LogP contribution in [0.5, 0.6) is 5.75 Å². The van der Waals surface area contributed by atoms with Gasteiger partial charge in [0.15, 0.2) is 5.69 Å². The van der Waals surface area contributed by atoms with Gasteiger partial charge < -0.3 is 19.8 Å². The number of anilines is 1. The van der Waals surface area contributed by atoms with Gasteiger partial charge in [-0.25, -0.2) is 9.80 Å². The molecule has 0 aliphatic heterocycles. The minimum atomic E-state index is -0.734. The quantitative estimate of drug-likeness (QED) is 0.521. The van der Waals surface area contributed by atoms with Crippen LogP contribution in [-0.2, 0) is 4.74 Å². The van der Waals surface area contributed by atoms with E-state index in [2.05, 4.69) is 5.43 Å². The van der Waals surface area contributed by atoms with Gasteiger partial charge >= 0.3 is 5.97 Å². The number of ether oxygens (including phenoxy) is 2. The van der Waals surface area contributed by atoms with Crippen LogP contribution in [0.4, 0.5) is 5.69 Å². The molecule has 0 fully saturated rings. The SMILES string of the molecule is CCN(CC)NC(=O)c1cc(Cl)c(-n2cc(C#N)c(N)c2C(=O)OC)cc1OC. The van der Waals surface area contributed by atoms with Crippen molar-refractivity contribution in [3.8, 4) is 17.5 Å². The first-order valence-corrected chi connectivity index (χ1v) is 9.13. The maximum Gasteiger partial charge on any atom is 0.357 e. The number of nitrogen functional groups attached to an aromatic ring is 1. The number of esters is 1. The highest BCUT2D eigenvalue weighted by Gasteiger charge is 2.25. The number of nitrogens with one attached hydrogen (secondary N) is 1. The number of hydrogen-bond acceptors (Lipinski definition) is 7. The zero-order chi connectivity index (χ0) is 21.7. The number of aromatic nitrogens is 1. The normalized spacial score (nSPS) is 10.5. The molecule has 2 rings (SSSR count). The Morgan fingerprint density at radius 3 is 2.48 bits per heavy atom. The van der Waals surface area contributed by atoms with E-state index in [9.17, 15) is 14.9 Å². The highest BCUT2D eigenvalue weighted by Crippen LogP contribution is 2.33.